The second-order valence-electron chi connectivity index (χ2n) is 5.14. The zero-order chi connectivity index (χ0) is 14.5. The summed E-state index contributed by atoms with van der Waals surface area (Å²) in [6.07, 6.45) is -0.420. The summed E-state index contributed by atoms with van der Waals surface area (Å²) in [6.45, 7) is 5.91. The molecule has 1 N–H and O–H groups in total. The minimum Gasteiger partial charge on any atom is -0.496 e. The molecule has 0 heterocycles. The van der Waals surface area contributed by atoms with Crippen LogP contribution in [0.5, 0.6) is 5.75 Å². The molecule has 5 heteroatoms. The number of methoxy groups -OCH3 is 1. The first kappa shape index (κ1) is 15.8. The molecule has 0 spiro atoms. The van der Waals surface area contributed by atoms with Gasteiger partial charge in [0.15, 0.2) is 0 Å². The third-order valence-electron chi connectivity index (χ3n) is 2.33. The van der Waals surface area contributed by atoms with Crippen LogP contribution in [0.1, 0.15) is 31.9 Å². The van der Waals surface area contributed by atoms with Gasteiger partial charge in [0.25, 0.3) is 0 Å². The lowest BCUT2D eigenvalue weighted by atomic mass is 10.1. The summed E-state index contributed by atoms with van der Waals surface area (Å²) in [4.78, 5) is 11.5. The van der Waals surface area contributed by atoms with Gasteiger partial charge >= 0.3 is 6.09 Å². The Kier molecular flexibility index (Phi) is 5.66. The highest BCUT2D eigenvalue weighted by Gasteiger charge is 2.15. The van der Waals surface area contributed by atoms with Gasteiger partial charge in [0.2, 0.25) is 0 Å². The van der Waals surface area contributed by atoms with Crippen LogP contribution in [0.25, 0.3) is 0 Å². The number of alkyl carbamates (subject to hydrolysis) is 1. The van der Waals surface area contributed by atoms with E-state index < -0.39 is 11.7 Å². The molecule has 1 amide bonds. The van der Waals surface area contributed by atoms with Gasteiger partial charge in [-0.25, -0.2) is 4.79 Å². The van der Waals surface area contributed by atoms with Crippen LogP contribution in [0.2, 0.25) is 0 Å². The molecule has 0 atom stereocenters. The van der Waals surface area contributed by atoms with Crippen LogP contribution in [-0.2, 0) is 16.6 Å². The molecule has 0 saturated heterocycles. The number of amides is 1. The summed E-state index contributed by atoms with van der Waals surface area (Å²) in [7, 11) is 1.63. The summed E-state index contributed by atoms with van der Waals surface area (Å²) < 4.78 is 10.5. The largest absolute Gasteiger partial charge is 0.496 e. The Bertz CT molecular complexity index is 441. The summed E-state index contributed by atoms with van der Waals surface area (Å²) in [5.41, 5.74) is 1.55. The van der Waals surface area contributed by atoms with Crippen molar-refractivity contribution in [3.05, 3.63) is 29.3 Å². The van der Waals surface area contributed by atoms with Crippen molar-refractivity contribution in [2.24, 2.45) is 0 Å². The van der Waals surface area contributed by atoms with Gasteiger partial charge in [-0.1, -0.05) is 28.1 Å². The molecule has 0 aromatic heterocycles. The molecule has 106 valence electrons. The second-order valence-corrected chi connectivity index (χ2v) is 5.70. The van der Waals surface area contributed by atoms with E-state index in [9.17, 15) is 4.79 Å². The number of ether oxygens (including phenoxy) is 2. The Balaban J connectivity index is 2.61. The van der Waals surface area contributed by atoms with Gasteiger partial charge in [0.05, 0.1) is 7.11 Å². The number of alkyl halides is 1. The molecule has 0 aliphatic heterocycles. The fourth-order valence-electron chi connectivity index (χ4n) is 1.50. The van der Waals surface area contributed by atoms with Gasteiger partial charge in [0.1, 0.15) is 11.4 Å². The Morgan fingerprint density at radius 1 is 1.37 bits per heavy atom. The van der Waals surface area contributed by atoms with Crippen LogP contribution in [-0.4, -0.2) is 18.8 Å². The van der Waals surface area contributed by atoms with Crippen molar-refractivity contribution in [2.75, 3.05) is 7.11 Å². The number of carbonyl (C=O) groups excluding carboxylic acids is 1. The number of hydrogen-bond donors (Lipinski definition) is 1. The number of carbonyl (C=O) groups is 1. The third-order valence-corrected chi connectivity index (χ3v) is 2.94. The molecule has 1 aromatic rings. The van der Waals surface area contributed by atoms with Crippen LogP contribution in [0.15, 0.2) is 18.2 Å². The van der Waals surface area contributed by atoms with E-state index in [1.807, 2.05) is 39.0 Å². The van der Waals surface area contributed by atoms with Crippen LogP contribution >= 0.6 is 15.9 Å². The molecule has 0 unspecified atom stereocenters. The fourth-order valence-corrected chi connectivity index (χ4v) is 1.96. The summed E-state index contributed by atoms with van der Waals surface area (Å²) in [6, 6.07) is 5.84. The zero-order valence-corrected chi connectivity index (χ0v) is 13.3. The van der Waals surface area contributed by atoms with Crippen LogP contribution < -0.4 is 10.1 Å². The Morgan fingerprint density at radius 2 is 2.05 bits per heavy atom. The lowest BCUT2D eigenvalue weighted by molar-refractivity contribution is 0.0523. The molecule has 19 heavy (non-hydrogen) atoms. The van der Waals surface area contributed by atoms with Gasteiger partial charge in [-0.05, 0) is 32.4 Å². The maximum absolute atomic E-state index is 11.5. The topological polar surface area (TPSA) is 47.6 Å². The number of rotatable bonds is 4. The lowest BCUT2D eigenvalue weighted by Crippen LogP contribution is -2.32. The first-order chi connectivity index (χ1) is 8.85. The Labute approximate surface area is 122 Å². The lowest BCUT2D eigenvalue weighted by Gasteiger charge is -2.19. The molecular weight excluding hydrogens is 310 g/mol. The fraction of sp³-hybridized carbons (Fsp3) is 0.500. The predicted octanol–water partition coefficient (Wildman–Crippen LogP) is 3.61. The number of hydrogen-bond acceptors (Lipinski definition) is 3. The first-order valence-electron chi connectivity index (χ1n) is 6.04. The zero-order valence-electron chi connectivity index (χ0n) is 11.7. The van der Waals surface area contributed by atoms with Gasteiger partial charge in [0, 0.05) is 17.4 Å². The molecule has 0 saturated carbocycles. The molecule has 0 fully saturated rings. The Morgan fingerprint density at radius 3 is 2.58 bits per heavy atom. The van der Waals surface area contributed by atoms with Crippen molar-refractivity contribution < 1.29 is 14.3 Å². The van der Waals surface area contributed by atoms with Crippen LogP contribution in [0, 0.1) is 0 Å². The van der Waals surface area contributed by atoms with Crippen molar-refractivity contribution in [3.8, 4) is 5.75 Å². The standard InChI is InChI=1S/C14H20BrNO3/c1-14(2,3)19-13(17)16-9-10-5-6-11(8-15)12(7-10)18-4/h5-7H,8-9H2,1-4H3,(H,16,17). The highest BCUT2D eigenvalue weighted by Crippen LogP contribution is 2.22. The van der Waals surface area contributed by atoms with Crippen molar-refractivity contribution in [1.29, 1.82) is 0 Å². The van der Waals surface area contributed by atoms with Gasteiger partial charge < -0.3 is 14.8 Å². The van der Waals surface area contributed by atoms with E-state index in [1.54, 1.807) is 7.11 Å². The quantitative estimate of drug-likeness (QED) is 0.858. The first-order valence-corrected chi connectivity index (χ1v) is 7.16. The van der Waals surface area contributed by atoms with E-state index in [-0.39, 0.29) is 0 Å². The van der Waals surface area contributed by atoms with Gasteiger partial charge in [-0.3, -0.25) is 0 Å². The van der Waals surface area contributed by atoms with E-state index in [0.717, 1.165) is 22.2 Å². The van der Waals surface area contributed by atoms with E-state index >= 15 is 0 Å². The normalized spacial score (nSPS) is 11.0. The SMILES string of the molecule is COc1cc(CNC(=O)OC(C)(C)C)ccc1CBr. The third kappa shape index (κ3) is 5.51. The summed E-state index contributed by atoms with van der Waals surface area (Å²) in [5.74, 6) is 0.806. The molecule has 0 aliphatic rings. The predicted molar refractivity (Wildman–Crippen MR) is 78.7 cm³/mol. The molecule has 0 aliphatic carbocycles. The summed E-state index contributed by atoms with van der Waals surface area (Å²) >= 11 is 3.40. The van der Waals surface area contributed by atoms with E-state index in [4.69, 9.17) is 9.47 Å². The smallest absolute Gasteiger partial charge is 0.407 e. The van der Waals surface area contributed by atoms with Gasteiger partial charge in [-0.15, -0.1) is 0 Å². The van der Waals surface area contributed by atoms with Crippen molar-refractivity contribution in [2.45, 2.75) is 38.2 Å². The van der Waals surface area contributed by atoms with E-state index in [2.05, 4.69) is 21.2 Å². The van der Waals surface area contributed by atoms with E-state index in [0.29, 0.717) is 6.54 Å². The molecule has 0 bridgehead atoms. The maximum Gasteiger partial charge on any atom is 0.407 e. The highest BCUT2D eigenvalue weighted by molar-refractivity contribution is 9.08. The van der Waals surface area contributed by atoms with E-state index in [1.165, 1.54) is 0 Å². The molecular formula is C14H20BrNO3. The average molecular weight is 330 g/mol. The molecule has 0 radical (unpaired) electrons. The number of benzene rings is 1. The average Bonchev–Trinajstić information content (AvgIpc) is 2.33. The highest BCUT2D eigenvalue weighted by atomic mass is 79.9. The number of nitrogens with one attached hydrogen (secondary N) is 1. The van der Waals surface area contributed by atoms with Crippen molar-refractivity contribution in [3.63, 3.8) is 0 Å². The van der Waals surface area contributed by atoms with Gasteiger partial charge in [-0.2, -0.15) is 0 Å². The van der Waals surface area contributed by atoms with Crippen molar-refractivity contribution in [1.82, 2.24) is 5.32 Å². The molecule has 4 nitrogen and oxygen atoms in total. The second kappa shape index (κ2) is 6.80. The summed E-state index contributed by atoms with van der Waals surface area (Å²) in [5, 5.41) is 3.45. The molecule has 1 rings (SSSR count). The number of halogens is 1. The minimum absolute atomic E-state index is 0.411. The minimum atomic E-state index is -0.485. The van der Waals surface area contributed by atoms with Crippen molar-refractivity contribution >= 4 is 22.0 Å². The Hall–Kier alpha value is -1.23. The monoisotopic (exact) mass is 329 g/mol. The van der Waals surface area contributed by atoms with Crippen LogP contribution in [0.4, 0.5) is 4.79 Å². The van der Waals surface area contributed by atoms with Crippen LogP contribution in [0.3, 0.4) is 0 Å². The maximum atomic E-state index is 11.5. The molecule has 1 aromatic carbocycles.